The molecule has 1 aromatic heterocycles. The first-order chi connectivity index (χ1) is 7.22. The Morgan fingerprint density at radius 2 is 2.20 bits per heavy atom. The lowest BCUT2D eigenvalue weighted by Gasteiger charge is -2.28. The Morgan fingerprint density at radius 1 is 1.47 bits per heavy atom. The zero-order chi connectivity index (χ0) is 10.5. The van der Waals surface area contributed by atoms with E-state index < -0.39 is 0 Å². The molecule has 0 spiro atoms. The fourth-order valence-corrected chi connectivity index (χ4v) is 5.08. The number of fused-ring (bicyclic) bond motifs is 1. The van der Waals surface area contributed by atoms with Crippen LogP contribution in [0.3, 0.4) is 0 Å². The van der Waals surface area contributed by atoms with Gasteiger partial charge < -0.3 is 0 Å². The predicted octanol–water partition coefficient (Wildman–Crippen LogP) is 4.71. The third-order valence-corrected chi connectivity index (χ3v) is 6.46. The molecule has 2 fully saturated rings. The average molecular weight is 306 g/mol. The van der Waals surface area contributed by atoms with Gasteiger partial charge in [-0.3, -0.25) is 0 Å². The molecule has 2 saturated carbocycles. The highest BCUT2D eigenvalue weighted by atomic mass is 79.9. The number of hydrogen-bond donors (Lipinski definition) is 0. The minimum Gasteiger partial charge on any atom is -0.148 e. The molecule has 2 unspecified atom stereocenters. The molecule has 0 radical (unpaired) electrons. The highest BCUT2D eigenvalue weighted by Gasteiger charge is 2.53. The lowest BCUT2D eigenvalue weighted by molar-refractivity contribution is 0.305. The van der Waals surface area contributed by atoms with Crippen molar-refractivity contribution in [3.8, 4) is 0 Å². The van der Waals surface area contributed by atoms with E-state index in [-0.39, 0.29) is 0 Å². The molecular weight excluding hydrogens is 292 g/mol. The Balaban J connectivity index is 1.78. The largest absolute Gasteiger partial charge is 0.148 e. The van der Waals surface area contributed by atoms with Gasteiger partial charge in [0.1, 0.15) is 0 Å². The maximum Gasteiger partial charge on any atom is 0.0314 e. The highest BCUT2D eigenvalue weighted by molar-refractivity contribution is 9.10. The van der Waals surface area contributed by atoms with Gasteiger partial charge in [0.2, 0.25) is 0 Å². The van der Waals surface area contributed by atoms with Gasteiger partial charge in [0.05, 0.1) is 0 Å². The maximum absolute atomic E-state index is 6.21. The van der Waals surface area contributed by atoms with Crippen molar-refractivity contribution in [1.29, 1.82) is 0 Å². The number of rotatable bonds is 3. The molecule has 82 valence electrons. The van der Waals surface area contributed by atoms with Crippen LogP contribution in [0.25, 0.3) is 0 Å². The first-order valence-corrected chi connectivity index (χ1v) is 7.71. The lowest BCUT2D eigenvalue weighted by atomic mass is 9.81. The third kappa shape index (κ3) is 1.89. The molecule has 0 N–H and O–H groups in total. The molecule has 0 bridgehead atoms. The predicted molar refractivity (Wildman–Crippen MR) is 69.7 cm³/mol. The summed E-state index contributed by atoms with van der Waals surface area (Å²) in [6, 6.07) is 2.15. The number of thiophene rings is 1. The summed E-state index contributed by atoms with van der Waals surface area (Å²) in [5, 5.41) is 2.16. The minimum atomic E-state index is 0.419. The van der Waals surface area contributed by atoms with Gasteiger partial charge in [-0.15, -0.1) is 22.9 Å². The topological polar surface area (TPSA) is 0 Å². The summed E-state index contributed by atoms with van der Waals surface area (Å²) in [6.07, 6.45) is 5.39. The van der Waals surface area contributed by atoms with Crippen LogP contribution in [0, 0.1) is 17.3 Å². The van der Waals surface area contributed by atoms with E-state index in [9.17, 15) is 0 Å². The standard InChI is InChI=1S/C12H14BrClS/c13-10-1-2-15-11(10)6-12(7-14)4-8-3-9(8)5-12/h1-2,8-9H,3-7H2. The molecular formula is C12H14BrClS. The quantitative estimate of drug-likeness (QED) is 0.710. The molecule has 2 atom stereocenters. The molecule has 2 aliphatic rings. The van der Waals surface area contributed by atoms with Crippen molar-refractivity contribution in [2.24, 2.45) is 17.3 Å². The smallest absolute Gasteiger partial charge is 0.0314 e. The van der Waals surface area contributed by atoms with E-state index in [1.54, 1.807) is 0 Å². The second kappa shape index (κ2) is 3.75. The van der Waals surface area contributed by atoms with E-state index in [1.165, 1.54) is 35.0 Å². The summed E-state index contributed by atoms with van der Waals surface area (Å²) in [5.41, 5.74) is 0.419. The molecule has 3 heteroatoms. The van der Waals surface area contributed by atoms with Crippen LogP contribution in [-0.2, 0) is 6.42 Å². The van der Waals surface area contributed by atoms with Crippen molar-refractivity contribution in [2.45, 2.75) is 25.7 Å². The molecule has 1 heterocycles. The van der Waals surface area contributed by atoms with Gasteiger partial charge in [0.25, 0.3) is 0 Å². The first kappa shape index (κ1) is 10.6. The third-order valence-electron chi connectivity index (χ3n) is 3.97. The van der Waals surface area contributed by atoms with Crippen molar-refractivity contribution in [1.82, 2.24) is 0 Å². The van der Waals surface area contributed by atoms with Crippen LogP contribution in [0.2, 0.25) is 0 Å². The normalized spacial score (nSPS) is 38.0. The van der Waals surface area contributed by atoms with E-state index in [0.29, 0.717) is 5.41 Å². The van der Waals surface area contributed by atoms with Crippen LogP contribution in [0.15, 0.2) is 15.9 Å². The summed E-state index contributed by atoms with van der Waals surface area (Å²) in [6.45, 7) is 0. The van der Waals surface area contributed by atoms with Gasteiger partial charge >= 0.3 is 0 Å². The zero-order valence-corrected chi connectivity index (χ0v) is 11.7. The Labute approximate surface area is 108 Å². The Kier molecular flexibility index (Phi) is 2.65. The lowest BCUT2D eigenvalue weighted by Crippen LogP contribution is -2.23. The van der Waals surface area contributed by atoms with Crippen molar-refractivity contribution in [3.63, 3.8) is 0 Å². The second-order valence-corrected chi connectivity index (χ2v) is 7.29. The van der Waals surface area contributed by atoms with Crippen LogP contribution >= 0.6 is 38.9 Å². The molecule has 1 aromatic rings. The molecule has 0 nitrogen and oxygen atoms in total. The molecule has 2 aliphatic carbocycles. The fraction of sp³-hybridized carbons (Fsp3) is 0.667. The van der Waals surface area contributed by atoms with Gasteiger partial charge in [-0.25, -0.2) is 0 Å². The average Bonchev–Trinajstić information content (AvgIpc) is 2.66. The first-order valence-electron chi connectivity index (χ1n) is 5.50. The van der Waals surface area contributed by atoms with E-state index in [0.717, 1.165) is 17.7 Å². The van der Waals surface area contributed by atoms with E-state index in [4.69, 9.17) is 11.6 Å². The van der Waals surface area contributed by atoms with E-state index >= 15 is 0 Å². The Bertz CT molecular complexity index is 363. The Morgan fingerprint density at radius 3 is 2.73 bits per heavy atom. The van der Waals surface area contributed by atoms with Gasteiger partial charge in [-0.05, 0) is 70.3 Å². The summed E-state index contributed by atoms with van der Waals surface area (Å²) < 4.78 is 1.28. The monoisotopic (exact) mass is 304 g/mol. The number of halogens is 2. The number of alkyl halides is 1. The molecule has 0 aliphatic heterocycles. The maximum atomic E-state index is 6.21. The molecule has 0 amide bonds. The summed E-state index contributed by atoms with van der Waals surface area (Å²) in [4.78, 5) is 1.48. The van der Waals surface area contributed by atoms with Crippen LogP contribution in [-0.4, -0.2) is 5.88 Å². The van der Waals surface area contributed by atoms with E-state index in [1.807, 2.05) is 11.3 Å². The van der Waals surface area contributed by atoms with Crippen LogP contribution in [0.5, 0.6) is 0 Å². The van der Waals surface area contributed by atoms with Crippen LogP contribution in [0.4, 0.5) is 0 Å². The summed E-state index contributed by atoms with van der Waals surface area (Å²) in [5.74, 6) is 2.87. The van der Waals surface area contributed by atoms with Crippen LogP contribution < -0.4 is 0 Å². The molecule has 15 heavy (non-hydrogen) atoms. The zero-order valence-electron chi connectivity index (χ0n) is 8.51. The molecule has 0 aromatic carbocycles. The minimum absolute atomic E-state index is 0.419. The SMILES string of the molecule is ClCC1(Cc2sccc2Br)CC2CC2C1. The van der Waals surface area contributed by atoms with Crippen molar-refractivity contribution in [2.75, 3.05) is 5.88 Å². The van der Waals surface area contributed by atoms with Crippen molar-refractivity contribution < 1.29 is 0 Å². The van der Waals surface area contributed by atoms with Crippen molar-refractivity contribution in [3.05, 3.63) is 20.8 Å². The Hall–Kier alpha value is 0.470. The summed E-state index contributed by atoms with van der Waals surface area (Å²) in [7, 11) is 0. The van der Waals surface area contributed by atoms with Crippen LogP contribution in [0.1, 0.15) is 24.1 Å². The van der Waals surface area contributed by atoms with E-state index in [2.05, 4.69) is 27.4 Å². The highest BCUT2D eigenvalue weighted by Crippen LogP contribution is 2.61. The van der Waals surface area contributed by atoms with Gasteiger partial charge in [-0.2, -0.15) is 0 Å². The fourth-order valence-electron chi connectivity index (χ4n) is 3.10. The van der Waals surface area contributed by atoms with Gasteiger partial charge in [0, 0.05) is 15.2 Å². The summed E-state index contributed by atoms with van der Waals surface area (Å²) >= 11 is 11.7. The second-order valence-electron chi connectivity index (χ2n) is 5.17. The van der Waals surface area contributed by atoms with Gasteiger partial charge in [0.15, 0.2) is 0 Å². The molecule has 0 saturated heterocycles. The van der Waals surface area contributed by atoms with Gasteiger partial charge in [-0.1, -0.05) is 0 Å². The number of hydrogen-bond acceptors (Lipinski definition) is 1. The van der Waals surface area contributed by atoms with Crippen molar-refractivity contribution >= 4 is 38.9 Å². The molecule has 3 rings (SSSR count).